The van der Waals surface area contributed by atoms with Crippen molar-refractivity contribution in [2.45, 2.75) is 51.2 Å². The van der Waals surface area contributed by atoms with Gasteiger partial charge >= 0.3 is 0 Å². The summed E-state index contributed by atoms with van der Waals surface area (Å²) in [5.74, 6) is 0.248. The normalized spacial score (nSPS) is 42.8. The van der Waals surface area contributed by atoms with Gasteiger partial charge in [-0.1, -0.05) is 13.8 Å². The molecule has 0 heterocycles. The molecule has 11 heavy (non-hydrogen) atoms. The Morgan fingerprint density at radius 2 is 2.18 bits per heavy atom. The van der Waals surface area contributed by atoms with E-state index in [0.717, 1.165) is 12.8 Å². The van der Waals surface area contributed by atoms with Gasteiger partial charge in [0.05, 0.1) is 11.2 Å². The van der Waals surface area contributed by atoms with Gasteiger partial charge in [-0.25, -0.2) is 0 Å². The molecule has 0 radical (unpaired) electrons. The van der Waals surface area contributed by atoms with Crippen molar-refractivity contribution in [3.63, 3.8) is 0 Å². The predicted octanol–water partition coefficient (Wildman–Crippen LogP) is 1.31. The highest BCUT2D eigenvalue weighted by molar-refractivity contribution is 5.05. The standard InChI is InChI=1S/C9H18O2/c1-4-8(3,10)9(11)6-5-7(9)2/h7,10-11H,4-6H2,1-3H3. The second-order valence-electron chi connectivity index (χ2n) is 3.99. The third-order valence-electron chi connectivity index (χ3n) is 3.39. The van der Waals surface area contributed by atoms with E-state index in [1.54, 1.807) is 6.92 Å². The van der Waals surface area contributed by atoms with Gasteiger partial charge in [-0.15, -0.1) is 0 Å². The summed E-state index contributed by atoms with van der Waals surface area (Å²) in [6.45, 7) is 5.62. The van der Waals surface area contributed by atoms with Crippen LogP contribution in [-0.4, -0.2) is 21.4 Å². The zero-order valence-electron chi connectivity index (χ0n) is 7.59. The zero-order valence-corrected chi connectivity index (χ0v) is 7.59. The van der Waals surface area contributed by atoms with E-state index in [2.05, 4.69) is 0 Å². The van der Waals surface area contributed by atoms with Crippen LogP contribution in [0.5, 0.6) is 0 Å². The first-order chi connectivity index (χ1) is 4.94. The maximum atomic E-state index is 9.96. The minimum absolute atomic E-state index is 0.248. The fourth-order valence-electron chi connectivity index (χ4n) is 1.81. The van der Waals surface area contributed by atoms with Gasteiger partial charge < -0.3 is 10.2 Å². The molecule has 0 aromatic heterocycles. The SMILES string of the molecule is CCC(C)(O)C1(O)CCC1C. The van der Waals surface area contributed by atoms with Crippen molar-refractivity contribution in [2.24, 2.45) is 5.92 Å². The van der Waals surface area contributed by atoms with Crippen molar-refractivity contribution in [1.82, 2.24) is 0 Å². The lowest BCUT2D eigenvalue weighted by Crippen LogP contribution is -2.61. The van der Waals surface area contributed by atoms with Gasteiger partial charge in [-0.2, -0.15) is 0 Å². The molecule has 1 aliphatic carbocycles. The van der Waals surface area contributed by atoms with Crippen molar-refractivity contribution >= 4 is 0 Å². The second kappa shape index (κ2) is 2.46. The molecule has 0 bridgehead atoms. The minimum atomic E-state index is -0.898. The van der Waals surface area contributed by atoms with Crippen molar-refractivity contribution in [3.8, 4) is 0 Å². The van der Waals surface area contributed by atoms with Crippen LogP contribution in [0.4, 0.5) is 0 Å². The quantitative estimate of drug-likeness (QED) is 0.636. The van der Waals surface area contributed by atoms with Gasteiger partial charge in [-0.3, -0.25) is 0 Å². The van der Waals surface area contributed by atoms with E-state index >= 15 is 0 Å². The summed E-state index contributed by atoms with van der Waals surface area (Å²) < 4.78 is 0. The summed E-state index contributed by atoms with van der Waals surface area (Å²) in [6.07, 6.45) is 2.40. The molecule has 2 nitrogen and oxygen atoms in total. The zero-order chi connectivity index (χ0) is 8.70. The third kappa shape index (κ3) is 1.09. The van der Waals surface area contributed by atoms with Crippen LogP contribution in [-0.2, 0) is 0 Å². The smallest absolute Gasteiger partial charge is 0.0955 e. The summed E-state index contributed by atoms with van der Waals surface area (Å²) in [5.41, 5.74) is -1.72. The number of aliphatic hydroxyl groups is 2. The molecule has 2 heteroatoms. The third-order valence-corrected chi connectivity index (χ3v) is 3.39. The maximum absolute atomic E-state index is 9.96. The fraction of sp³-hybridized carbons (Fsp3) is 1.00. The summed E-state index contributed by atoms with van der Waals surface area (Å²) in [6, 6.07) is 0. The van der Waals surface area contributed by atoms with E-state index in [-0.39, 0.29) is 5.92 Å². The lowest BCUT2D eigenvalue weighted by Gasteiger charge is -2.52. The Labute approximate surface area is 68.2 Å². The van der Waals surface area contributed by atoms with Crippen LogP contribution < -0.4 is 0 Å². The first-order valence-electron chi connectivity index (χ1n) is 4.39. The monoisotopic (exact) mass is 158 g/mol. The number of rotatable bonds is 2. The molecule has 0 amide bonds. The van der Waals surface area contributed by atoms with E-state index in [9.17, 15) is 10.2 Å². The van der Waals surface area contributed by atoms with Crippen LogP contribution in [0.2, 0.25) is 0 Å². The lowest BCUT2D eigenvalue weighted by molar-refractivity contribution is -0.215. The Bertz CT molecular complexity index is 154. The first-order valence-corrected chi connectivity index (χ1v) is 4.39. The van der Waals surface area contributed by atoms with E-state index < -0.39 is 11.2 Å². The lowest BCUT2D eigenvalue weighted by atomic mass is 9.61. The average molecular weight is 158 g/mol. The van der Waals surface area contributed by atoms with E-state index in [0.29, 0.717) is 6.42 Å². The largest absolute Gasteiger partial charge is 0.387 e. The van der Waals surface area contributed by atoms with Gasteiger partial charge in [0, 0.05) is 0 Å². The van der Waals surface area contributed by atoms with Crippen LogP contribution in [0, 0.1) is 5.92 Å². The average Bonchev–Trinajstić information content (AvgIpc) is 2.00. The van der Waals surface area contributed by atoms with Gasteiger partial charge in [0.25, 0.3) is 0 Å². The summed E-state index contributed by atoms with van der Waals surface area (Å²) in [7, 11) is 0. The highest BCUT2D eigenvalue weighted by Crippen LogP contribution is 2.46. The highest BCUT2D eigenvalue weighted by Gasteiger charge is 2.53. The molecule has 0 aromatic rings. The Hall–Kier alpha value is -0.0800. The first kappa shape index (κ1) is 9.01. The Morgan fingerprint density at radius 3 is 2.27 bits per heavy atom. The van der Waals surface area contributed by atoms with Crippen LogP contribution >= 0.6 is 0 Å². The Kier molecular flexibility index (Phi) is 2.01. The molecule has 0 aromatic carbocycles. The van der Waals surface area contributed by atoms with E-state index in [4.69, 9.17) is 0 Å². The van der Waals surface area contributed by atoms with Crippen LogP contribution in [0.15, 0.2) is 0 Å². The molecular formula is C9H18O2. The predicted molar refractivity (Wildman–Crippen MR) is 44.3 cm³/mol. The van der Waals surface area contributed by atoms with Crippen LogP contribution in [0.25, 0.3) is 0 Å². The molecule has 1 saturated carbocycles. The van der Waals surface area contributed by atoms with Crippen molar-refractivity contribution in [3.05, 3.63) is 0 Å². The molecule has 2 N–H and O–H groups in total. The molecule has 1 aliphatic rings. The minimum Gasteiger partial charge on any atom is -0.387 e. The van der Waals surface area contributed by atoms with Gasteiger partial charge in [0.1, 0.15) is 0 Å². The maximum Gasteiger partial charge on any atom is 0.0955 e. The molecule has 66 valence electrons. The highest BCUT2D eigenvalue weighted by atomic mass is 16.4. The molecule has 0 spiro atoms. The van der Waals surface area contributed by atoms with Gasteiger partial charge in [0.2, 0.25) is 0 Å². The molecule has 3 unspecified atom stereocenters. The fourth-order valence-corrected chi connectivity index (χ4v) is 1.81. The molecule has 1 rings (SSSR count). The Balaban J connectivity index is 2.72. The summed E-state index contributed by atoms with van der Waals surface area (Å²) in [5, 5.41) is 19.8. The second-order valence-corrected chi connectivity index (χ2v) is 3.99. The molecule has 0 saturated heterocycles. The molecule has 3 atom stereocenters. The van der Waals surface area contributed by atoms with Crippen molar-refractivity contribution in [2.75, 3.05) is 0 Å². The van der Waals surface area contributed by atoms with E-state index in [1.807, 2.05) is 13.8 Å². The molecular weight excluding hydrogens is 140 g/mol. The number of hydrogen-bond acceptors (Lipinski definition) is 2. The van der Waals surface area contributed by atoms with Crippen LogP contribution in [0.1, 0.15) is 40.0 Å². The summed E-state index contributed by atoms with van der Waals surface area (Å²) >= 11 is 0. The molecule has 1 fully saturated rings. The van der Waals surface area contributed by atoms with Gasteiger partial charge in [0.15, 0.2) is 0 Å². The topological polar surface area (TPSA) is 40.5 Å². The number of hydrogen-bond donors (Lipinski definition) is 2. The van der Waals surface area contributed by atoms with Crippen LogP contribution in [0.3, 0.4) is 0 Å². The van der Waals surface area contributed by atoms with E-state index in [1.165, 1.54) is 0 Å². The molecule has 0 aliphatic heterocycles. The van der Waals surface area contributed by atoms with Gasteiger partial charge in [-0.05, 0) is 32.1 Å². The van der Waals surface area contributed by atoms with Crippen molar-refractivity contribution in [1.29, 1.82) is 0 Å². The summed E-state index contributed by atoms with van der Waals surface area (Å²) in [4.78, 5) is 0. The Morgan fingerprint density at radius 1 is 1.64 bits per heavy atom. The van der Waals surface area contributed by atoms with Crippen molar-refractivity contribution < 1.29 is 10.2 Å².